The van der Waals surface area contributed by atoms with Gasteiger partial charge < -0.3 is 20.5 Å². The Kier molecular flexibility index (Phi) is 5.40. The molecule has 0 spiro atoms. The van der Waals surface area contributed by atoms with Crippen molar-refractivity contribution < 1.29 is 19.4 Å². The van der Waals surface area contributed by atoms with Crippen LogP contribution in [0.4, 0.5) is 9.59 Å². The maximum Gasteiger partial charge on any atom is 0.407 e. The van der Waals surface area contributed by atoms with Gasteiger partial charge in [0.25, 0.3) is 0 Å². The predicted octanol–water partition coefficient (Wildman–Crippen LogP) is 2.34. The highest BCUT2D eigenvalue weighted by atomic mass is 32.1. The number of nitrogens with one attached hydrogen (secondary N) is 2. The van der Waals surface area contributed by atoms with E-state index in [-0.39, 0.29) is 18.0 Å². The zero-order valence-corrected chi connectivity index (χ0v) is 14.2. The number of ether oxygens (including phenoxy) is 1. The Bertz CT molecular complexity index is 543. The zero-order chi connectivity index (χ0) is 17.0. The second-order valence-electron chi connectivity index (χ2n) is 6.60. The number of hydrogen-bond donors (Lipinski definition) is 3. The molecule has 1 heterocycles. The summed E-state index contributed by atoms with van der Waals surface area (Å²) in [6.45, 7) is 5.35. The van der Waals surface area contributed by atoms with E-state index in [0.717, 1.165) is 11.4 Å². The molecule has 3 N–H and O–H groups in total. The van der Waals surface area contributed by atoms with Crippen LogP contribution >= 0.6 is 11.3 Å². The number of carbonyl (C=O) groups excluding carboxylic acids is 1. The van der Waals surface area contributed by atoms with E-state index < -0.39 is 17.8 Å². The first kappa shape index (κ1) is 17.5. The summed E-state index contributed by atoms with van der Waals surface area (Å²) in [7, 11) is 0. The first-order chi connectivity index (χ1) is 10.7. The van der Waals surface area contributed by atoms with E-state index in [1.165, 1.54) is 11.3 Å². The van der Waals surface area contributed by atoms with Crippen LogP contribution in [0, 0.1) is 0 Å². The van der Waals surface area contributed by atoms with E-state index in [1.54, 1.807) is 26.3 Å². The molecule has 0 bridgehead atoms. The minimum absolute atomic E-state index is 0.161. The summed E-state index contributed by atoms with van der Waals surface area (Å²) in [5, 5.41) is 23.1. The van der Waals surface area contributed by atoms with Gasteiger partial charge in [-0.3, -0.25) is 0 Å². The molecule has 128 valence electrons. The highest BCUT2D eigenvalue weighted by Crippen LogP contribution is 2.33. The van der Waals surface area contributed by atoms with E-state index in [9.17, 15) is 9.59 Å². The molecule has 1 aromatic heterocycles. The molecular formula is C14H22N4O4S. The number of nitrogens with zero attached hydrogens (tertiary/aromatic N) is 2. The number of hydrogen-bond acceptors (Lipinski definition) is 6. The zero-order valence-electron chi connectivity index (χ0n) is 13.4. The van der Waals surface area contributed by atoms with Crippen LogP contribution in [-0.2, 0) is 4.74 Å². The van der Waals surface area contributed by atoms with Crippen LogP contribution in [0.15, 0.2) is 5.51 Å². The number of rotatable bonds is 3. The second kappa shape index (κ2) is 7.12. The van der Waals surface area contributed by atoms with Crippen molar-refractivity contribution in [2.45, 2.75) is 63.6 Å². The largest absolute Gasteiger partial charge is 0.465 e. The van der Waals surface area contributed by atoms with Gasteiger partial charge in [0, 0.05) is 5.92 Å². The molecule has 8 nitrogen and oxygen atoms in total. The average molecular weight is 342 g/mol. The first-order valence-electron chi connectivity index (χ1n) is 7.49. The van der Waals surface area contributed by atoms with Gasteiger partial charge in [-0.15, -0.1) is 21.5 Å². The Labute approximate surface area is 138 Å². The lowest BCUT2D eigenvalue weighted by Crippen LogP contribution is -2.54. The van der Waals surface area contributed by atoms with Crippen LogP contribution in [0.2, 0.25) is 0 Å². The summed E-state index contributed by atoms with van der Waals surface area (Å²) in [4.78, 5) is 23.0. The lowest BCUT2D eigenvalue weighted by atomic mass is 9.82. The van der Waals surface area contributed by atoms with Crippen molar-refractivity contribution in [3.8, 4) is 0 Å². The molecule has 3 atom stereocenters. The van der Waals surface area contributed by atoms with Crippen LogP contribution in [0.5, 0.6) is 0 Å². The first-order valence-corrected chi connectivity index (χ1v) is 8.37. The number of aromatic nitrogens is 2. The van der Waals surface area contributed by atoms with Gasteiger partial charge in [0.05, 0.1) is 12.1 Å². The number of carbonyl (C=O) groups is 2. The lowest BCUT2D eigenvalue weighted by molar-refractivity contribution is 0.0474. The third-order valence-corrected chi connectivity index (χ3v) is 4.44. The molecule has 0 unspecified atom stereocenters. The molecule has 2 rings (SSSR count). The molecule has 1 aliphatic carbocycles. The Morgan fingerprint density at radius 3 is 2.61 bits per heavy atom. The molecule has 23 heavy (non-hydrogen) atoms. The third kappa shape index (κ3) is 5.34. The smallest absolute Gasteiger partial charge is 0.407 e. The monoisotopic (exact) mass is 342 g/mol. The molecule has 1 fully saturated rings. The quantitative estimate of drug-likeness (QED) is 0.777. The Balaban J connectivity index is 2.04. The molecule has 0 aliphatic heterocycles. The van der Waals surface area contributed by atoms with Crippen LogP contribution in [0.25, 0.3) is 0 Å². The maximum absolute atomic E-state index is 12.0. The Morgan fingerprint density at radius 2 is 2.04 bits per heavy atom. The fourth-order valence-electron chi connectivity index (χ4n) is 2.70. The number of amides is 2. The van der Waals surface area contributed by atoms with Crippen LogP contribution in [0.1, 0.15) is 51.0 Å². The van der Waals surface area contributed by atoms with Crippen molar-refractivity contribution in [1.29, 1.82) is 0 Å². The standard InChI is InChI=1S/C14H22N4O4S/c1-14(2,3)22-13(21)17-10-6-8(11-18-15-7-23-11)4-5-9(10)16-12(19)20/h7-10,16H,4-6H2,1-3H3,(H,17,21)(H,19,20)/t8-,9-,10+/m0/s1. The highest BCUT2D eigenvalue weighted by molar-refractivity contribution is 7.09. The lowest BCUT2D eigenvalue weighted by Gasteiger charge is -2.35. The van der Waals surface area contributed by atoms with Crippen molar-refractivity contribution in [2.24, 2.45) is 0 Å². The molecule has 9 heteroatoms. The predicted molar refractivity (Wildman–Crippen MR) is 84.6 cm³/mol. The molecular weight excluding hydrogens is 320 g/mol. The van der Waals surface area contributed by atoms with E-state index in [0.29, 0.717) is 12.8 Å². The topological polar surface area (TPSA) is 113 Å². The molecule has 1 saturated carbocycles. The molecule has 0 radical (unpaired) electrons. The van der Waals surface area contributed by atoms with Crippen LogP contribution in [-0.4, -0.2) is 45.2 Å². The normalized spacial score (nSPS) is 24.7. The van der Waals surface area contributed by atoms with Gasteiger partial charge in [-0.2, -0.15) is 0 Å². The summed E-state index contributed by atoms with van der Waals surface area (Å²) in [5.41, 5.74) is 1.07. The second-order valence-corrected chi connectivity index (χ2v) is 7.46. The van der Waals surface area contributed by atoms with Gasteiger partial charge in [0.2, 0.25) is 0 Å². The maximum atomic E-state index is 12.0. The number of alkyl carbamates (subject to hydrolysis) is 1. The minimum atomic E-state index is -1.10. The summed E-state index contributed by atoms with van der Waals surface area (Å²) in [5.74, 6) is 0.161. The van der Waals surface area contributed by atoms with E-state index >= 15 is 0 Å². The van der Waals surface area contributed by atoms with Crippen LogP contribution < -0.4 is 10.6 Å². The van der Waals surface area contributed by atoms with Crippen molar-refractivity contribution >= 4 is 23.5 Å². The van der Waals surface area contributed by atoms with Crippen molar-refractivity contribution in [1.82, 2.24) is 20.8 Å². The number of carboxylic acid groups (broad SMARTS) is 1. The van der Waals surface area contributed by atoms with Crippen molar-refractivity contribution in [2.75, 3.05) is 0 Å². The molecule has 1 aliphatic rings. The fraction of sp³-hybridized carbons (Fsp3) is 0.714. The highest BCUT2D eigenvalue weighted by Gasteiger charge is 2.35. The van der Waals surface area contributed by atoms with Crippen molar-refractivity contribution in [3.05, 3.63) is 10.5 Å². The van der Waals surface area contributed by atoms with Gasteiger partial charge >= 0.3 is 12.2 Å². The van der Waals surface area contributed by atoms with Crippen molar-refractivity contribution in [3.63, 3.8) is 0 Å². The van der Waals surface area contributed by atoms with E-state index in [1.807, 2.05) is 0 Å². The van der Waals surface area contributed by atoms with Crippen LogP contribution in [0.3, 0.4) is 0 Å². The van der Waals surface area contributed by atoms with E-state index in [2.05, 4.69) is 20.8 Å². The molecule has 0 aromatic carbocycles. The minimum Gasteiger partial charge on any atom is -0.465 e. The summed E-state index contributed by atoms with van der Waals surface area (Å²) >= 11 is 1.47. The Hall–Kier alpha value is -1.90. The average Bonchev–Trinajstić information content (AvgIpc) is 2.91. The SMILES string of the molecule is CC(C)(C)OC(=O)N[C@@H]1C[C@@H](c2nncs2)CC[C@@H]1NC(=O)O. The molecule has 2 amide bonds. The molecule has 1 aromatic rings. The molecule has 0 saturated heterocycles. The Morgan fingerprint density at radius 1 is 1.30 bits per heavy atom. The fourth-order valence-corrected chi connectivity index (χ4v) is 3.41. The summed E-state index contributed by atoms with van der Waals surface area (Å²) in [6, 6.07) is -0.687. The van der Waals surface area contributed by atoms with Gasteiger partial charge in [0.15, 0.2) is 0 Å². The van der Waals surface area contributed by atoms with E-state index in [4.69, 9.17) is 9.84 Å². The third-order valence-electron chi connectivity index (χ3n) is 3.59. The van der Waals surface area contributed by atoms with Gasteiger partial charge in [-0.1, -0.05) is 0 Å². The summed E-state index contributed by atoms with van der Waals surface area (Å²) in [6.07, 6.45) is 0.376. The van der Waals surface area contributed by atoms with Gasteiger partial charge in [-0.25, -0.2) is 9.59 Å². The summed E-state index contributed by atoms with van der Waals surface area (Å²) < 4.78 is 5.27. The van der Waals surface area contributed by atoms with Gasteiger partial charge in [-0.05, 0) is 40.0 Å². The van der Waals surface area contributed by atoms with Gasteiger partial charge in [0.1, 0.15) is 16.1 Å².